The molecule has 0 spiro atoms. The molecule has 0 saturated heterocycles. The zero-order chi connectivity index (χ0) is 15.6. The molecule has 2 aromatic rings. The molecule has 0 aliphatic heterocycles. The van der Waals surface area contributed by atoms with E-state index in [1.165, 1.54) is 6.07 Å². The van der Waals surface area contributed by atoms with Crippen molar-refractivity contribution in [1.82, 2.24) is 0 Å². The largest absolute Gasteiger partial charge is 0.456 e. The van der Waals surface area contributed by atoms with Crippen LogP contribution in [0.15, 0.2) is 45.3 Å². The van der Waals surface area contributed by atoms with Gasteiger partial charge in [-0.05, 0) is 46.6 Å². The van der Waals surface area contributed by atoms with Gasteiger partial charge in [0.05, 0.1) is 11.0 Å². The molecule has 0 aliphatic rings. The van der Waals surface area contributed by atoms with Gasteiger partial charge in [-0.25, -0.2) is 0 Å². The van der Waals surface area contributed by atoms with E-state index in [0.29, 0.717) is 16.0 Å². The number of ether oxygens (including phenoxy) is 1. The monoisotopic (exact) mass is 415 g/mol. The van der Waals surface area contributed by atoms with Crippen LogP contribution in [0.4, 0.5) is 5.69 Å². The predicted molar refractivity (Wildman–Crippen MR) is 85.6 cm³/mol. The van der Waals surface area contributed by atoms with Gasteiger partial charge in [-0.3, -0.25) is 10.1 Å². The summed E-state index contributed by atoms with van der Waals surface area (Å²) in [6.45, 7) is 1.66. The van der Waals surface area contributed by atoms with Crippen LogP contribution in [-0.4, -0.2) is 10.0 Å². The second kappa shape index (κ2) is 6.55. The van der Waals surface area contributed by atoms with Crippen LogP contribution in [0.1, 0.15) is 18.6 Å². The lowest BCUT2D eigenvalue weighted by Gasteiger charge is -2.11. The quantitative estimate of drug-likeness (QED) is 0.564. The smallest absolute Gasteiger partial charge is 0.287 e. The van der Waals surface area contributed by atoms with Crippen molar-refractivity contribution in [2.75, 3.05) is 0 Å². The van der Waals surface area contributed by atoms with Gasteiger partial charge >= 0.3 is 0 Å². The molecule has 1 N–H and O–H groups in total. The summed E-state index contributed by atoms with van der Waals surface area (Å²) in [6.07, 6.45) is -0.599. The topological polar surface area (TPSA) is 72.6 Å². The Bertz CT molecular complexity index is 689. The molecule has 2 rings (SSSR count). The van der Waals surface area contributed by atoms with E-state index >= 15 is 0 Å². The number of nitro benzene ring substituents is 1. The molecule has 5 nitrogen and oxygen atoms in total. The van der Waals surface area contributed by atoms with Gasteiger partial charge in [-0.15, -0.1) is 0 Å². The number of hydrogen-bond acceptors (Lipinski definition) is 4. The number of nitrogens with zero attached hydrogens (tertiary/aromatic N) is 1. The number of halogens is 2. The highest BCUT2D eigenvalue weighted by Gasteiger charge is 2.17. The van der Waals surface area contributed by atoms with Crippen molar-refractivity contribution >= 4 is 37.5 Å². The summed E-state index contributed by atoms with van der Waals surface area (Å²) in [5, 5.41) is 20.5. The van der Waals surface area contributed by atoms with Gasteiger partial charge in [0.1, 0.15) is 16.0 Å². The summed E-state index contributed by atoms with van der Waals surface area (Å²) in [5.74, 6) is 0.855. The van der Waals surface area contributed by atoms with Crippen LogP contribution in [0.5, 0.6) is 11.5 Å². The number of aliphatic hydroxyl groups excluding tert-OH is 1. The van der Waals surface area contributed by atoms with Gasteiger partial charge in [0.25, 0.3) is 5.69 Å². The van der Waals surface area contributed by atoms with Crippen molar-refractivity contribution in [2.45, 2.75) is 13.0 Å². The van der Waals surface area contributed by atoms with E-state index in [9.17, 15) is 15.2 Å². The Kier molecular flexibility index (Phi) is 4.97. The van der Waals surface area contributed by atoms with E-state index in [-0.39, 0.29) is 10.2 Å². The maximum Gasteiger partial charge on any atom is 0.287 e. The van der Waals surface area contributed by atoms with E-state index in [1.807, 2.05) is 0 Å². The van der Waals surface area contributed by atoms with Crippen LogP contribution in [0.3, 0.4) is 0 Å². The third-order valence-electron chi connectivity index (χ3n) is 2.79. The standard InChI is InChI=1S/C14H11Br2NO4/c1-8(18)10-6-5-9(7-11(10)15)21-13-4-2-3-12(14(13)16)17(19)20/h2-8,18H,1H3/t8-/m1/s1. The normalized spacial score (nSPS) is 12.0. The summed E-state index contributed by atoms with van der Waals surface area (Å²) in [7, 11) is 0. The molecule has 0 unspecified atom stereocenters. The highest BCUT2D eigenvalue weighted by Crippen LogP contribution is 2.37. The molecule has 21 heavy (non-hydrogen) atoms. The molecule has 0 aromatic heterocycles. The molecule has 0 aliphatic carbocycles. The minimum Gasteiger partial charge on any atom is -0.456 e. The van der Waals surface area contributed by atoms with Crippen molar-refractivity contribution < 1.29 is 14.8 Å². The molecule has 0 radical (unpaired) electrons. The highest BCUT2D eigenvalue weighted by molar-refractivity contribution is 9.11. The molecule has 0 saturated carbocycles. The Morgan fingerprint density at radius 1 is 1.29 bits per heavy atom. The van der Waals surface area contributed by atoms with Gasteiger partial charge in [-0.2, -0.15) is 0 Å². The third kappa shape index (κ3) is 3.61. The highest BCUT2D eigenvalue weighted by atomic mass is 79.9. The predicted octanol–water partition coefficient (Wildman–Crippen LogP) is 4.97. The summed E-state index contributed by atoms with van der Waals surface area (Å²) < 4.78 is 6.64. The van der Waals surface area contributed by atoms with Crippen molar-refractivity contribution in [2.24, 2.45) is 0 Å². The first kappa shape index (κ1) is 15.9. The van der Waals surface area contributed by atoms with Gasteiger partial charge in [0.15, 0.2) is 0 Å². The molecular weight excluding hydrogens is 406 g/mol. The molecular formula is C14H11Br2NO4. The first-order chi connectivity index (χ1) is 9.90. The average Bonchev–Trinajstić information content (AvgIpc) is 2.40. The van der Waals surface area contributed by atoms with Gasteiger partial charge in [-0.1, -0.05) is 28.1 Å². The van der Waals surface area contributed by atoms with Gasteiger partial charge < -0.3 is 9.84 Å². The number of benzene rings is 2. The molecule has 0 heterocycles. The second-order valence-electron chi connectivity index (χ2n) is 4.31. The molecule has 0 bridgehead atoms. The molecule has 2 aromatic carbocycles. The van der Waals surface area contributed by atoms with Crippen LogP contribution >= 0.6 is 31.9 Å². The lowest BCUT2D eigenvalue weighted by atomic mass is 10.1. The Hall–Kier alpha value is -1.44. The molecule has 7 heteroatoms. The van der Waals surface area contributed by atoms with Crippen molar-refractivity contribution in [3.05, 3.63) is 61.0 Å². The van der Waals surface area contributed by atoms with Crippen molar-refractivity contribution in [1.29, 1.82) is 0 Å². The lowest BCUT2D eigenvalue weighted by molar-refractivity contribution is -0.385. The average molecular weight is 417 g/mol. The van der Waals surface area contributed by atoms with E-state index in [4.69, 9.17) is 4.74 Å². The summed E-state index contributed by atoms with van der Waals surface area (Å²) >= 11 is 6.53. The minimum absolute atomic E-state index is 0.0628. The van der Waals surface area contributed by atoms with Crippen LogP contribution in [0.25, 0.3) is 0 Å². The maximum atomic E-state index is 10.9. The summed E-state index contributed by atoms with van der Waals surface area (Å²) in [4.78, 5) is 10.4. The Morgan fingerprint density at radius 2 is 2.00 bits per heavy atom. The van der Waals surface area contributed by atoms with E-state index < -0.39 is 11.0 Å². The van der Waals surface area contributed by atoms with Crippen LogP contribution in [0, 0.1) is 10.1 Å². The van der Waals surface area contributed by atoms with Crippen LogP contribution < -0.4 is 4.74 Å². The maximum absolute atomic E-state index is 10.9. The van der Waals surface area contributed by atoms with Crippen LogP contribution in [0.2, 0.25) is 0 Å². The third-order valence-corrected chi connectivity index (χ3v) is 4.27. The Balaban J connectivity index is 2.33. The first-order valence-corrected chi connectivity index (χ1v) is 7.57. The van der Waals surface area contributed by atoms with Crippen molar-refractivity contribution in [3.63, 3.8) is 0 Å². The number of hydrogen-bond donors (Lipinski definition) is 1. The molecule has 0 fully saturated rings. The molecule has 110 valence electrons. The Morgan fingerprint density at radius 3 is 2.57 bits per heavy atom. The van der Waals surface area contributed by atoms with Crippen molar-refractivity contribution in [3.8, 4) is 11.5 Å². The summed E-state index contributed by atoms with van der Waals surface area (Å²) in [5.41, 5.74) is 0.674. The van der Waals surface area contributed by atoms with Gasteiger partial charge in [0, 0.05) is 10.5 Å². The second-order valence-corrected chi connectivity index (χ2v) is 5.96. The van der Waals surface area contributed by atoms with E-state index in [2.05, 4.69) is 31.9 Å². The van der Waals surface area contributed by atoms with E-state index in [1.54, 1.807) is 37.3 Å². The SMILES string of the molecule is C[C@@H](O)c1ccc(Oc2cccc([N+](=O)[O-])c2Br)cc1Br. The van der Waals surface area contributed by atoms with E-state index in [0.717, 1.165) is 5.56 Å². The number of rotatable bonds is 4. The number of aliphatic hydroxyl groups is 1. The zero-order valence-electron chi connectivity index (χ0n) is 10.9. The molecule has 1 atom stereocenters. The zero-order valence-corrected chi connectivity index (χ0v) is 14.1. The number of nitro groups is 1. The fraction of sp³-hybridized carbons (Fsp3) is 0.143. The lowest BCUT2D eigenvalue weighted by Crippen LogP contribution is -1.94. The fourth-order valence-corrected chi connectivity index (χ4v) is 2.94. The fourth-order valence-electron chi connectivity index (χ4n) is 1.76. The van der Waals surface area contributed by atoms with Crippen LogP contribution in [-0.2, 0) is 0 Å². The first-order valence-electron chi connectivity index (χ1n) is 5.98. The summed E-state index contributed by atoms with van der Waals surface area (Å²) in [6, 6.07) is 9.70. The van der Waals surface area contributed by atoms with Gasteiger partial charge in [0.2, 0.25) is 0 Å². The molecule has 0 amide bonds. The minimum atomic E-state index is -0.599. The Labute approximate surface area is 138 Å².